The fourth-order valence-corrected chi connectivity index (χ4v) is 6.52. The first kappa shape index (κ1) is 21.4. The monoisotopic (exact) mass is 438 g/mol. The normalized spacial score (nSPS) is 16.6. The molecule has 1 aliphatic carbocycles. The first-order valence-electron chi connectivity index (χ1n) is 10.6. The molecule has 0 N–H and O–H groups in total. The van der Waals surface area contributed by atoms with Crippen LogP contribution in [-0.4, -0.2) is 9.55 Å². The van der Waals surface area contributed by atoms with E-state index in [9.17, 15) is 4.79 Å². The number of benzene rings is 1. The SMILES string of the molecule is C=C(C)Cn1c(SCc2ccccc2)nc2sc3c(c2c1=O)CC[C@H](C(C)(C)C)C3. The predicted octanol–water partition coefficient (Wildman–Crippen LogP) is 6.48. The van der Waals surface area contributed by atoms with Crippen molar-refractivity contribution in [3.63, 3.8) is 0 Å². The first-order valence-corrected chi connectivity index (χ1v) is 12.4. The minimum Gasteiger partial charge on any atom is -0.283 e. The van der Waals surface area contributed by atoms with Crippen molar-refractivity contribution in [3.05, 3.63) is 68.8 Å². The van der Waals surface area contributed by atoms with Crippen molar-refractivity contribution in [1.82, 2.24) is 9.55 Å². The van der Waals surface area contributed by atoms with E-state index >= 15 is 0 Å². The van der Waals surface area contributed by atoms with Crippen molar-refractivity contribution in [1.29, 1.82) is 0 Å². The molecule has 0 unspecified atom stereocenters. The number of aromatic nitrogens is 2. The summed E-state index contributed by atoms with van der Waals surface area (Å²) in [5.74, 6) is 1.45. The summed E-state index contributed by atoms with van der Waals surface area (Å²) in [4.78, 5) is 20.9. The highest BCUT2D eigenvalue weighted by molar-refractivity contribution is 7.98. The number of thiophene rings is 1. The van der Waals surface area contributed by atoms with Gasteiger partial charge < -0.3 is 0 Å². The van der Waals surface area contributed by atoms with Gasteiger partial charge in [-0.2, -0.15) is 0 Å². The van der Waals surface area contributed by atoms with Crippen LogP contribution in [0, 0.1) is 11.3 Å². The standard InChI is InChI=1S/C25H30N2OS2/c1-16(2)14-27-23(28)21-19-12-11-18(25(3,4)5)13-20(19)30-22(21)26-24(27)29-15-17-9-7-6-8-10-17/h6-10,18H,1,11-15H2,2-5H3/t18-/m0/s1. The first-order chi connectivity index (χ1) is 14.2. The number of fused-ring (bicyclic) bond motifs is 3. The van der Waals surface area contributed by atoms with Gasteiger partial charge in [0.15, 0.2) is 5.16 Å². The van der Waals surface area contributed by atoms with Gasteiger partial charge in [0.1, 0.15) is 4.83 Å². The molecule has 0 saturated heterocycles. The van der Waals surface area contributed by atoms with E-state index in [2.05, 4.69) is 39.5 Å². The zero-order chi connectivity index (χ0) is 21.5. The highest BCUT2D eigenvalue weighted by Crippen LogP contribution is 2.42. The molecule has 2 heterocycles. The van der Waals surface area contributed by atoms with Crippen LogP contribution in [0.5, 0.6) is 0 Å². The molecule has 1 atom stereocenters. The number of hydrogen-bond donors (Lipinski definition) is 0. The average Bonchev–Trinajstić information content (AvgIpc) is 3.06. The molecular weight excluding hydrogens is 408 g/mol. The average molecular weight is 439 g/mol. The van der Waals surface area contributed by atoms with Crippen molar-refractivity contribution < 1.29 is 0 Å². The van der Waals surface area contributed by atoms with E-state index in [1.807, 2.05) is 29.7 Å². The van der Waals surface area contributed by atoms with Crippen LogP contribution >= 0.6 is 23.1 Å². The third kappa shape index (κ3) is 4.28. The number of allylic oxidation sites excluding steroid dienone is 1. The lowest BCUT2D eigenvalue weighted by Crippen LogP contribution is -2.27. The summed E-state index contributed by atoms with van der Waals surface area (Å²) in [6.45, 7) is 13.5. The largest absolute Gasteiger partial charge is 0.283 e. The lowest BCUT2D eigenvalue weighted by Gasteiger charge is -2.33. The maximum Gasteiger partial charge on any atom is 0.263 e. The van der Waals surface area contributed by atoms with Crippen LogP contribution in [0.4, 0.5) is 0 Å². The summed E-state index contributed by atoms with van der Waals surface area (Å²) in [5.41, 5.74) is 3.85. The van der Waals surface area contributed by atoms with Crippen LogP contribution in [-0.2, 0) is 25.1 Å². The fourth-order valence-electron chi connectivity index (χ4n) is 4.22. The van der Waals surface area contributed by atoms with E-state index in [1.54, 1.807) is 23.1 Å². The molecular formula is C25H30N2OS2. The predicted molar refractivity (Wildman–Crippen MR) is 130 cm³/mol. The van der Waals surface area contributed by atoms with Gasteiger partial charge in [0.25, 0.3) is 5.56 Å². The van der Waals surface area contributed by atoms with E-state index in [0.29, 0.717) is 12.5 Å². The molecule has 0 bridgehead atoms. The summed E-state index contributed by atoms with van der Waals surface area (Å²) < 4.78 is 1.83. The number of nitrogens with zero attached hydrogens (tertiary/aromatic N) is 2. The summed E-state index contributed by atoms with van der Waals surface area (Å²) in [7, 11) is 0. The molecule has 1 aliphatic rings. The summed E-state index contributed by atoms with van der Waals surface area (Å²) in [5, 5.41) is 1.65. The number of hydrogen-bond acceptors (Lipinski definition) is 4. The molecule has 3 nitrogen and oxygen atoms in total. The summed E-state index contributed by atoms with van der Waals surface area (Å²) >= 11 is 3.38. The molecule has 0 amide bonds. The number of aryl methyl sites for hydroxylation is 1. The van der Waals surface area contributed by atoms with E-state index in [4.69, 9.17) is 4.98 Å². The van der Waals surface area contributed by atoms with Gasteiger partial charge in [-0.1, -0.05) is 75.0 Å². The Morgan fingerprint density at radius 2 is 2.03 bits per heavy atom. The number of rotatable bonds is 5. The van der Waals surface area contributed by atoms with Gasteiger partial charge in [0.2, 0.25) is 0 Å². The molecule has 5 heteroatoms. The van der Waals surface area contributed by atoms with Crippen molar-refractivity contribution in [2.75, 3.05) is 0 Å². The van der Waals surface area contributed by atoms with Crippen LogP contribution in [0.1, 0.15) is 50.1 Å². The van der Waals surface area contributed by atoms with E-state index in [0.717, 1.165) is 46.0 Å². The molecule has 0 aliphatic heterocycles. The quantitative estimate of drug-likeness (QED) is 0.260. The highest BCUT2D eigenvalue weighted by Gasteiger charge is 2.32. The molecule has 158 valence electrons. The van der Waals surface area contributed by atoms with E-state index in [1.165, 1.54) is 16.0 Å². The zero-order valence-electron chi connectivity index (χ0n) is 18.3. The van der Waals surface area contributed by atoms with Gasteiger partial charge in [-0.3, -0.25) is 9.36 Å². The second-order valence-electron chi connectivity index (χ2n) is 9.51. The van der Waals surface area contributed by atoms with Gasteiger partial charge >= 0.3 is 0 Å². The second kappa shape index (κ2) is 8.35. The minimum atomic E-state index is 0.102. The lowest BCUT2D eigenvalue weighted by molar-refractivity contribution is 0.218. The van der Waals surface area contributed by atoms with Crippen molar-refractivity contribution in [3.8, 4) is 0 Å². The Morgan fingerprint density at radius 3 is 2.70 bits per heavy atom. The number of thioether (sulfide) groups is 1. The van der Waals surface area contributed by atoms with Crippen LogP contribution in [0.25, 0.3) is 10.2 Å². The van der Waals surface area contributed by atoms with Gasteiger partial charge in [-0.05, 0) is 48.6 Å². The topological polar surface area (TPSA) is 34.9 Å². The Labute approximate surface area is 187 Å². The summed E-state index contributed by atoms with van der Waals surface area (Å²) in [6, 6.07) is 10.3. The lowest BCUT2D eigenvalue weighted by atomic mass is 9.72. The maximum atomic E-state index is 13.6. The van der Waals surface area contributed by atoms with Gasteiger partial charge in [0.05, 0.1) is 5.39 Å². The third-order valence-corrected chi connectivity index (χ3v) is 8.19. The van der Waals surface area contributed by atoms with Crippen molar-refractivity contribution in [2.45, 2.75) is 64.4 Å². The Kier molecular flexibility index (Phi) is 5.95. The Balaban J connectivity index is 1.76. The third-order valence-electron chi connectivity index (χ3n) is 6.00. The van der Waals surface area contributed by atoms with Crippen LogP contribution in [0.15, 0.2) is 52.4 Å². The Bertz CT molecular complexity index is 1140. The molecule has 2 aromatic heterocycles. The highest BCUT2D eigenvalue weighted by atomic mass is 32.2. The molecule has 4 rings (SSSR count). The van der Waals surface area contributed by atoms with Crippen molar-refractivity contribution >= 4 is 33.3 Å². The molecule has 3 aromatic rings. The van der Waals surface area contributed by atoms with Crippen LogP contribution in [0.3, 0.4) is 0 Å². The maximum absolute atomic E-state index is 13.6. The van der Waals surface area contributed by atoms with Crippen LogP contribution < -0.4 is 5.56 Å². The van der Waals surface area contributed by atoms with Gasteiger partial charge in [-0.25, -0.2) is 4.98 Å². The Hall–Kier alpha value is -1.85. The van der Waals surface area contributed by atoms with Crippen LogP contribution in [0.2, 0.25) is 0 Å². The molecule has 30 heavy (non-hydrogen) atoms. The van der Waals surface area contributed by atoms with Crippen molar-refractivity contribution in [2.24, 2.45) is 11.3 Å². The second-order valence-corrected chi connectivity index (χ2v) is 11.5. The Morgan fingerprint density at radius 1 is 1.30 bits per heavy atom. The van der Waals surface area contributed by atoms with Gasteiger partial charge in [-0.15, -0.1) is 11.3 Å². The molecule has 0 fully saturated rings. The minimum absolute atomic E-state index is 0.102. The van der Waals surface area contributed by atoms with E-state index in [-0.39, 0.29) is 11.0 Å². The van der Waals surface area contributed by atoms with E-state index < -0.39 is 0 Å². The molecule has 0 saturated carbocycles. The molecule has 1 aromatic carbocycles. The van der Waals surface area contributed by atoms with Gasteiger partial charge in [0, 0.05) is 17.2 Å². The zero-order valence-corrected chi connectivity index (χ0v) is 20.0. The smallest absolute Gasteiger partial charge is 0.263 e. The molecule has 0 spiro atoms. The fraction of sp³-hybridized carbons (Fsp3) is 0.440. The molecule has 0 radical (unpaired) electrons. The summed E-state index contributed by atoms with van der Waals surface area (Å²) in [6.07, 6.45) is 3.19.